The van der Waals surface area contributed by atoms with Gasteiger partial charge in [0.1, 0.15) is 0 Å². The van der Waals surface area contributed by atoms with Crippen LogP contribution in [0.15, 0.2) is 30.3 Å². The molecule has 4 nitrogen and oxygen atoms in total. The van der Waals surface area contributed by atoms with E-state index in [0.717, 1.165) is 12.0 Å². The summed E-state index contributed by atoms with van der Waals surface area (Å²) in [5, 5.41) is 9.16. The molecule has 2 rings (SSSR count). The van der Waals surface area contributed by atoms with E-state index in [2.05, 4.69) is 0 Å². The van der Waals surface area contributed by atoms with Crippen LogP contribution in [0.25, 0.3) is 0 Å². The lowest BCUT2D eigenvalue weighted by molar-refractivity contribution is -0.143. The third kappa shape index (κ3) is 4.87. The molecule has 1 heterocycles. The second-order valence-electron chi connectivity index (χ2n) is 5.62. The van der Waals surface area contributed by atoms with E-state index in [1.165, 1.54) is 0 Å². The van der Waals surface area contributed by atoms with Crippen molar-refractivity contribution in [1.29, 1.82) is 0 Å². The highest BCUT2D eigenvalue weighted by molar-refractivity contribution is 5.13. The summed E-state index contributed by atoms with van der Waals surface area (Å²) in [4.78, 5) is 0. The first-order chi connectivity index (χ1) is 9.59. The molecule has 2 atom stereocenters. The molecule has 0 amide bonds. The summed E-state index contributed by atoms with van der Waals surface area (Å²) in [6, 6.07) is 10.1. The number of aliphatic hydroxyl groups is 1. The second kappa shape index (κ2) is 7.18. The zero-order valence-corrected chi connectivity index (χ0v) is 12.2. The molecule has 1 aliphatic rings. The third-order valence-electron chi connectivity index (χ3n) is 3.37. The maximum Gasteiger partial charge on any atom is 0.163 e. The van der Waals surface area contributed by atoms with Crippen LogP contribution >= 0.6 is 0 Å². The van der Waals surface area contributed by atoms with Crippen LogP contribution in [0, 0.1) is 0 Å². The molecule has 0 aliphatic carbocycles. The lowest BCUT2D eigenvalue weighted by Crippen LogP contribution is -2.26. The van der Waals surface area contributed by atoms with Crippen molar-refractivity contribution in [2.24, 2.45) is 0 Å². The van der Waals surface area contributed by atoms with Gasteiger partial charge in [-0.1, -0.05) is 30.3 Å². The van der Waals surface area contributed by atoms with Gasteiger partial charge in [-0.3, -0.25) is 0 Å². The normalized spacial score (nSPS) is 22.9. The predicted molar refractivity (Wildman–Crippen MR) is 76.2 cm³/mol. The lowest BCUT2D eigenvalue weighted by atomic mass is 10.1. The lowest BCUT2D eigenvalue weighted by Gasteiger charge is -2.21. The molecule has 0 bridgehead atoms. The molecule has 1 N–H and O–H groups in total. The average molecular weight is 280 g/mol. The molecule has 1 aromatic rings. The minimum absolute atomic E-state index is 0.0114. The number of benzene rings is 1. The summed E-state index contributed by atoms with van der Waals surface area (Å²) >= 11 is 0. The number of hydrogen-bond acceptors (Lipinski definition) is 4. The van der Waals surface area contributed by atoms with Gasteiger partial charge in [0.2, 0.25) is 0 Å². The molecule has 0 saturated carbocycles. The highest BCUT2D eigenvalue weighted by Crippen LogP contribution is 2.26. The van der Waals surface area contributed by atoms with Gasteiger partial charge in [0, 0.05) is 13.0 Å². The van der Waals surface area contributed by atoms with Crippen LogP contribution in [-0.4, -0.2) is 36.3 Å². The summed E-state index contributed by atoms with van der Waals surface area (Å²) in [5.41, 5.74) is 1.14. The molecule has 4 heteroatoms. The first-order valence-corrected chi connectivity index (χ1v) is 7.17. The Morgan fingerprint density at radius 3 is 2.70 bits per heavy atom. The Morgan fingerprint density at radius 1 is 1.35 bits per heavy atom. The Morgan fingerprint density at radius 2 is 2.10 bits per heavy atom. The zero-order chi connectivity index (χ0) is 14.4. The van der Waals surface area contributed by atoms with Crippen molar-refractivity contribution < 1.29 is 19.3 Å². The number of hydrogen-bond donors (Lipinski definition) is 1. The average Bonchev–Trinajstić information content (AvgIpc) is 2.77. The van der Waals surface area contributed by atoms with Crippen molar-refractivity contribution in [2.45, 2.75) is 51.3 Å². The topological polar surface area (TPSA) is 47.9 Å². The molecule has 20 heavy (non-hydrogen) atoms. The Bertz CT molecular complexity index is 391. The van der Waals surface area contributed by atoms with Gasteiger partial charge in [0.15, 0.2) is 5.79 Å². The SMILES string of the molecule is CC1(C)OC[C@@H](C[C@@H](CCO)OCc2ccccc2)O1. The highest BCUT2D eigenvalue weighted by Gasteiger charge is 2.34. The first-order valence-electron chi connectivity index (χ1n) is 7.17. The fraction of sp³-hybridized carbons (Fsp3) is 0.625. The fourth-order valence-electron chi connectivity index (χ4n) is 2.37. The summed E-state index contributed by atoms with van der Waals surface area (Å²) < 4.78 is 17.3. The summed E-state index contributed by atoms with van der Waals surface area (Å²) in [5.74, 6) is -0.506. The van der Waals surface area contributed by atoms with Gasteiger partial charge in [0.25, 0.3) is 0 Å². The van der Waals surface area contributed by atoms with Crippen molar-refractivity contribution in [2.75, 3.05) is 13.2 Å². The summed E-state index contributed by atoms with van der Waals surface area (Å²) in [6.07, 6.45) is 1.39. The van der Waals surface area contributed by atoms with E-state index in [4.69, 9.17) is 19.3 Å². The highest BCUT2D eigenvalue weighted by atomic mass is 16.7. The molecule has 0 unspecified atom stereocenters. The minimum Gasteiger partial charge on any atom is -0.396 e. The maximum atomic E-state index is 9.16. The maximum absolute atomic E-state index is 9.16. The molecular formula is C16H24O4. The summed E-state index contributed by atoms with van der Waals surface area (Å²) in [6.45, 7) is 5.10. The molecule has 1 aromatic carbocycles. The minimum atomic E-state index is -0.506. The molecule has 1 fully saturated rings. The number of aliphatic hydroxyl groups excluding tert-OH is 1. The Hall–Kier alpha value is -0.940. The van der Waals surface area contributed by atoms with Crippen LogP contribution in [0.2, 0.25) is 0 Å². The van der Waals surface area contributed by atoms with Gasteiger partial charge >= 0.3 is 0 Å². The van der Waals surface area contributed by atoms with Crippen LogP contribution in [0.1, 0.15) is 32.3 Å². The number of rotatable bonds is 7. The van der Waals surface area contributed by atoms with Crippen molar-refractivity contribution in [1.82, 2.24) is 0 Å². The Balaban J connectivity index is 1.81. The van der Waals surface area contributed by atoms with Gasteiger partial charge in [0.05, 0.1) is 25.4 Å². The van der Waals surface area contributed by atoms with Crippen LogP contribution in [0.3, 0.4) is 0 Å². The Kier molecular flexibility index (Phi) is 5.54. The standard InChI is InChI=1S/C16H24O4/c1-16(2)19-12-15(20-16)10-14(8-9-17)18-11-13-6-4-3-5-7-13/h3-7,14-15,17H,8-12H2,1-2H3/t14-,15-/m1/s1. The molecule has 0 spiro atoms. The van der Waals surface area contributed by atoms with E-state index < -0.39 is 5.79 Å². The van der Waals surface area contributed by atoms with Gasteiger partial charge in [-0.15, -0.1) is 0 Å². The second-order valence-corrected chi connectivity index (χ2v) is 5.62. The molecule has 1 aliphatic heterocycles. The molecular weight excluding hydrogens is 256 g/mol. The van der Waals surface area contributed by atoms with Gasteiger partial charge in [-0.25, -0.2) is 0 Å². The van der Waals surface area contributed by atoms with Gasteiger partial charge < -0.3 is 19.3 Å². The van der Waals surface area contributed by atoms with E-state index in [0.29, 0.717) is 19.6 Å². The van der Waals surface area contributed by atoms with Crippen LogP contribution in [0.5, 0.6) is 0 Å². The Labute approximate surface area is 120 Å². The monoisotopic (exact) mass is 280 g/mol. The molecule has 1 saturated heterocycles. The predicted octanol–water partition coefficient (Wildman–Crippen LogP) is 2.50. The van der Waals surface area contributed by atoms with Gasteiger partial charge in [-0.2, -0.15) is 0 Å². The molecule has 112 valence electrons. The van der Waals surface area contributed by atoms with Gasteiger partial charge in [-0.05, 0) is 25.8 Å². The van der Waals surface area contributed by atoms with Crippen LogP contribution in [0.4, 0.5) is 0 Å². The fourth-order valence-corrected chi connectivity index (χ4v) is 2.37. The smallest absolute Gasteiger partial charge is 0.163 e. The quantitative estimate of drug-likeness (QED) is 0.833. The number of ether oxygens (including phenoxy) is 3. The molecule has 0 aromatic heterocycles. The van der Waals surface area contributed by atoms with Crippen molar-refractivity contribution in [3.63, 3.8) is 0 Å². The largest absolute Gasteiger partial charge is 0.396 e. The van der Waals surface area contributed by atoms with Crippen LogP contribution < -0.4 is 0 Å². The molecule has 0 radical (unpaired) electrons. The van der Waals surface area contributed by atoms with Crippen molar-refractivity contribution in [3.05, 3.63) is 35.9 Å². The summed E-state index contributed by atoms with van der Waals surface area (Å²) in [7, 11) is 0. The van der Waals surface area contributed by atoms with E-state index in [-0.39, 0.29) is 18.8 Å². The first kappa shape index (κ1) is 15.4. The van der Waals surface area contributed by atoms with E-state index in [1.807, 2.05) is 44.2 Å². The van der Waals surface area contributed by atoms with E-state index in [1.54, 1.807) is 0 Å². The third-order valence-corrected chi connectivity index (χ3v) is 3.37. The van der Waals surface area contributed by atoms with Crippen molar-refractivity contribution in [3.8, 4) is 0 Å². The van der Waals surface area contributed by atoms with E-state index in [9.17, 15) is 0 Å². The van der Waals surface area contributed by atoms with Crippen molar-refractivity contribution >= 4 is 0 Å². The zero-order valence-electron chi connectivity index (χ0n) is 12.2. The van der Waals surface area contributed by atoms with E-state index >= 15 is 0 Å². The van der Waals surface area contributed by atoms with Crippen LogP contribution in [-0.2, 0) is 20.8 Å².